The summed E-state index contributed by atoms with van der Waals surface area (Å²) in [4.78, 5) is 15.1. The third-order valence-corrected chi connectivity index (χ3v) is 5.35. The largest absolute Gasteiger partial charge is 0.375 e. The molecule has 0 N–H and O–H groups in total. The molecule has 27 heavy (non-hydrogen) atoms. The Kier molecular flexibility index (Phi) is 5.70. The highest BCUT2D eigenvalue weighted by Crippen LogP contribution is 2.28. The normalized spacial score (nSPS) is 19.1. The van der Waals surface area contributed by atoms with E-state index in [-0.39, 0.29) is 17.6 Å². The van der Waals surface area contributed by atoms with E-state index in [1.807, 2.05) is 40.8 Å². The van der Waals surface area contributed by atoms with Gasteiger partial charge in [-0.05, 0) is 71.2 Å². The van der Waals surface area contributed by atoms with Gasteiger partial charge in [0.1, 0.15) is 0 Å². The van der Waals surface area contributed by atoms with E-state index in [2.05, 4.69) is 38.9 Å². The Balaban J connectivity index is 1.71. The summed E-state index contributed by atoms with van der Waals surface area (Å²) in [6.07, 6.45) is 1.78. The van der Waals surface area contributed by atoms with Crippen LogP contribution in [0.3, 0.4) is 0 Å². The lowest BCUT2D eigenvalue weighted by Gasteiger charge is -2.41. The fourth-order valence-electron chi connectivity index (χ4n) is 3.96. The Morgan fingerprint density at radius 3 is 2.56 bits per heavy atom. The lowest BCUT2D eigenvalue weighted by molar-refractivity contribution is -0.0777. The summed E-state index contributed by atoms with van der Waals surface area (Å²) in [7, 11) is 0. The zero-order valence-electron chi connectivity index (χ0n) is 17.2. The molecule has 0 radical (unpaired) electrons. The molecule has 3 rings (SSSR count). The molecule has 1 amide bonds. The average Bonchev–Trinajstić information content (AvgIpc) is 2.92. The van der Waals surface area contributed by atoms with Crippen molar-refractivity contribution in [1.82, 2.24) is 14.7 Å². The maximum Gasteiger partial charge on any atom is 0.254 e. The van der Waals surface area contributed by atoms with Crippen molar-refractivity contribution in [1.29, 1.82) is 0 Å². The van der Waals surface area contributed by atoms with Crippen molar-refractivity contribution >= 4 is 5.91 Å². The van der Waals surface area contributed by atoms with Gasteiger partial charge in [0.2, 0.25) is 0 Å². The molecule has 2 aromatic rings. The second kappa shape index (κ2) is 7.85. The Bertz CT molecular complexity index is 792. The van der Waals surface area contributed by atoms with Crippen molar-refractivity contribution in [3.8, 4) is 0 Å². The van der Waals surface area contributed by atoms with Gasteiger partial charge >= 0.3 is 0 Å². The molecule has 1 fully saturated rings. The van der Waals surface area contributed by atoms with Crippen LogP contribution in [0.2, 0.25) is 0 Å². The third kappa shape index (κ3) is 4.59. The number of nitrogens with zero attached hydrogens (tertiary/aromatic N) is 3. The second-order valence-corrected chi connectivity index (χ2v) is 8.13. The fourth-order valence-corrected chi connectivity index (χ4v) is 3.96. The molecule has 0 bridgehead atoms. The van der Waals surface area contributed by atoms with E-state index in [1.165, 1.54) is 0 Å². The number of rotatable bonds is 5. The summed E-state index contributed by atoms with van der Waals surface area (Å²) < 4.78 is 7.81. The molecule has 0 aliphatic carbocycles. The van der Waals surface area contributed by atoms with Crippen LogP contribution in [0.1, 0.15) is 60.9 Å². The van der Waals surface area contributed by atoms with Crippen LogP contribution >= 0.6 is 0 Å². The summed E-state index contributed by atoms with van der Waals surface area (Å²) in [5, 5.41) is 4.51. The number of ether oxygens (including phenoxy) is 1. The standard InChI is InChI=1S/C22H31N3O2/c1-6-24(20-11-12-27-22(4,5)14-20)21(26)19-9-7-18(8-10-19)15-25-17(3)13-16(2)23-25/h7-10,13,20H,6,11-12,14-15H2,1-5H3/t20-/m1/s1. The van der Waals surface area contributed by atoms with Gasteiger partial charge in [-0.1, -0.05) is 12.1 Å². The topological polar surface area (TPSA) is 47.4 Å². The van der Waals surface area contributed by atoms with E-state index < -0.39 is 0 Å². The van der Waals surface area contributed by atoms with E-state index in [4.69, 9.17) is 4.74 Å². The molecule has 146 valence electrons. The third-order valence-electron chi connectivity index (χ3n) is 5.35. The SMILES string of the molecule is CCN(C(=O)c1ccc(Cn2nc(C)cc2C)cc1)[C@@H]1CCOC(C)(C)C1. The van der Waals surface area contributed by atoms with Crippen LogP contribution < -0.4 is 0 Å². The molecule has 1 saturated heterocycles. The average molecular weight is 370 g/mol. The van der Waals surface area contributed by atoms with Crippen LogP contribution in [0.5, 0.6) is 0 Å². The summed E-state index contributed by atoms with van der Waals surface area (Å²) >= 11 is 0. The first-order chi connectivity index (χ1) is 12.8. The van der Waals surface area contributed by atoms with Gasteiger partial charge in [-0.15, -0.1) is 0 Å². The van der Waals surface area contributed by atoms with Crippen molar-refractivity contribution in [2.45, 2.75) is 65.6 Å². The number of carbonyl (C=O) groups is 1. The molecule has 1 aliphatic heterocycles. The monoisotopic (exact) mass is 369 g/mol. The first kappa shape index (κ1) is 19.6. The highest BCUT2D eigenvalue weighted by molar-refractivity contribution is 5.94. The Labute approximate surface area is 162 Å². The van der Waals surface area contributed by atoms with Crippen LogP contribution in [0.4, 0.5) is 0 Å². The Morgan fingerprint density at radius 1 is 1.30 bits per heavy atom. The molecule has 5 nitrogen and oxygen atoms in total. The quantitative estimate of drug-likeness (QED) is 0.801. The summed E-state index contributed by atoms with van der Waals surface area (Å²) in [5.41, 5.74) is 3.90. The predicted octanol–water partition coefficient (Wildman–Crippen LogP) is 3.97. The van der Waals surface area contributed by atoms with Gasteiger partial charge < -0.3 is 9.64 Å². The van der Waals surface area contributed by atoms with Crippen LogP contribution in [0.15, 0.2) is 30.3 Å². The summed E-state index contributed by atoms with van der Waals surface area (Å²) in [6, 6.07) is 10.3. The van der Waals surface area contributed by atoms with E-state index in [0.29, 0.717) is 13.2 Å². The summed E-state index contributed by atoms with van der Waals surface area (Å²) in [6.45, 7) is 12.5. The molecule has 0 saturated carbocycles. The number of hydrogen-bond acceptors (Lipinski definition) is 3. The van der Waals surface area contributed by atoms with Gasteiger partial charge in [0.25, 0.3) is 5.91 Å². The van der Waals surface area contributed by atoms with E-state index >= 15 is 0 Å². The first-order valence-electron chi connectivity index (χ1n) is 9.84. The smallest absolute Gasteiger partial charge is 0.254 e. The maximum atomic E-state index is 13.1. The molecule has 0 unspecified atom stereocenters. The van der Waals surface area contributed by atoms with Gasteiger partial charge in [0, 0.05) is 30.5 Å². The van der Waals surface area contributed by atoms with Crippen molar-refractivity contribution < 1.29 is 9.53 Å². The van der Waals surface area contributed by atoms with E-state index in [1.54, 1.807) is 0 Å². The zero-order valence-corrected chi connectivity index (χ0v) is 17.2. The van der Waals surface area contributed by atoms with Crippen molar-refractivity contribution in [2.24, 2.45) is 0 Å². The molecule has 1 aliphatic rings. The lowest BCUT2D eigenvalue weighted by Crippen LogP contribution is -2.48. The minimum Gasteiger partial charge on any atom is -0.375 e. The summed E-state index contributed by atoms with van der Waals surface area (Å²) in [5.74, 6) is 0.109. The molecule has 0 spiro atoms. The minimum atomic E-state index is -0.166. The van der Waals surface area contributed by atoms with Gasteiger partial charge in [0.05, 0.1) is 17.8 Å². The Hall–Kier alpha value is -2.14. The van der Waals surface area contributed by atoms with Crippen molar-refractivity contribution in [3.05, 3.63) is 52.8 Å². The molecule has 5 heteroatoms. The van der Waals surface area contributed by atoms with Crippen LogP contribution in [-0.2, 0) is 11.3 Å². The number of aromatic nitrogens is 2. The second-order valence-electron chi connectivity index (χ2n) is 8.13. The van der Waals surface area contributed by atoms with Crippen molar-refractivity contribution in [2.75, 3.05) is 13.2 Å². The van der Waals surface area contributed by atoms with Crippen molar-refractivity contribution in [3.63, 3.8) is 0 Å². The van der Waals surface area contributed by atoms with Crippen LogP contribution in [-0.4, -0.2) is 45.4 Å². The first-order valence-corrected chi connectivity index (χ1v) is 9.84. The molecule has 1 atom stereocenters. The number of hydrogen-bond donors (Lipinski definition) is 0. The zero-order chi connectivity index (χ0) is 19.6. The highest BCUT2D eigenvalue weighted by atomic mass is 16.5. The van der Waals surface area contributed by atoms with Gasteiger partial charge in [-0.25, -0.2) is 0 Å². The van der Waals surface area contributed by atoms with Gasteiger partial charge in [-0.3, -0.25) is 9.48 Å². The van der Waals surface area contributed by atoms with E-state index in [9.17, 15) is 4.79 Å². The molecule has 2 heterocycles. The minimum absolute atomic E-state index is 0.109. The fraction of sp³-hybridized carbons (Fsp3) is 0.545. The molecular formula is C22H31N3O2. The molecule has 1 aromatic heterocycles. The highest BCUT2D eigenvalue weighted by Gasteiger charge is 2.33. The van der Waals surface area contributed by atoms with Gasteiger partial charge in [0.15, 0.2) is 0 Å². The maximum absolute atomic E-state index is 13.1. The Morgan fingerprint density at radius 2 is 2.00 bits per heavy atom. The van der Waals surface area contributed by atoms with Crippen LogP contribution in [0, 0.1) is 13.8 Å². The number of carbonyl (C=O) groups excluding carboxylic acids is 1. The predicted molar refractivity (Wildman–Crippen MR) is 107 cm³/mol. The number of amides is 1. The lowest BCUT2D eigenvalue weighted by atomic mass is 9.92. The molecular weight excluding hydrogens is 338 g/mol. The van der Waals surface area contributed by atoms with E-state index in [0.717, 1.165) is 41.9 Å². The number of aryl methyl sites for hydroxylation is 2. The number of benzene rings is 1. The van der Waals surface area contributed by atoms with Gasteiger partial charge in [-0.2, -0.15) is 5.10 Å². The molecule has 1 aromatic carbocycles. The van der Waals surface area contributed by atoms with Crippen LogP contribution in [0.25, 0.3) is 0 Å².